The largest absolute Gasteiger partial charge is 0.298 e. The SMILES string of the molecule is Cc1cc(C)c(-c2csc(NC(=O)/C=C/c3ccccc3)n2)c(C)c1. The number of nitrogens with one attached hydrogen (secondary N) is 1. The maximum atomic E-state index is 12.1. The Kier molecular flexibility index (Phi) is 5.10. The summed E-state index contributed by atoms with van der Waals surface area (Å²) < 4.78 is 0. The van der Waals surface area contributed by atoms with Crippen molar-refractivity contribution in [2.24, 2.45) is 0 Å². The molecule has 1 heterocycles. The average molecular weight is 348 g/mol. The van der Waals surface area contributed by atoms with Crippen molar-refractivity contribution in [2.45, 2.75) is 20.8 Å². The number of anilines is 1. The summed E-state index contributed by atoms with van der Waals surface area (Å²) in [5, 5.41) is 5.43. The van der Waals surface area contributed by atoms with Crippen LogP contribution in [-0.4, -0.2) is 10.9 Å². The van der Waals surface area contributed by atoms with E-state index in [2.05, 4.69) is 43.2 Å². The monoisotopic (exact) mass is 348 g/mol. The van der Waals surface area contributed by atoms with Crippen molar-refractivity contribution in [3.05, 3.63) is 76.2 Å². The van der Waals surface area contributed by atoms with Crippen LogP contribution in [0.3, 0.4) is 0 Å². The highest BCUT2D eigenvalue weighted by Gasteiger charge is 2.11. The van der Waals surface area contributed by atoms with Crippen LogP contribution in [0.4, 0.5) is 5.13 Å². The quantitative estimate of drug-likeness (QED) is 0.643. The zero-order valence-corrected chi connectivity index (χ0v) is 15.4. The highest BCUT2D eigenvalue weighted by atomic mass is 32.1. The van der Waals surface area contributed by atoms with Gasteiger partial charge in [-0.3, -0.25) is 10.1 Å². The molecule has 126 valence electrons. The minimum Gasteiger partial charge on any atom is -0.298 e. The van der Waals surface area contributed by atoms with Gasteiger partial charge in [0.1, 0.15) is 0 Å². The lowest BCUT2D eigenvalue weighted by molar-refractivity contribution is -0.111. The van der Waals surface area contributed by atoms with E-state index in [-0.39, 0.29) is 5.91 Å². The molecule has 1 N–H and O–H groups in total. The molecule has 0 unspecified atom stereocenters. The zero-order chi connectivity index (χ0) is 17.8. The lowest BCUT2D eigenvalue weighted by atomic mass is 9.98. The van der Waals surface area contributed by atoms with Crippen LogP contribution in [0, 0.1) is 20.8 Å². The smallest absolute Gasteiger partial charge is 0.250 e. The van der Waals surface area contributed by atoms with Gasteiger partial charge in [0, 0.05) is 17.0 Å². The zero-order valence-electron chi connectivity index (χ0n) is 14.5. The first-order valence-corrected chi connectivity index (χ1v) is 8.99. The van der Waals surface area contributed by atoms with Crippen LogP contribution in [0.25, 0.3) is 17.3 Å². The summed E-state index contributed by atoms with van der Waals surface area (Å²) in [6, 6.07) is 14.0. The number of aromatic nitrogens is 1. The van der Waals surface area contributed by atoms with Crippen LogP contribution >= 0.6 is 11.3 Å². The maximum absolute atomic E-state index is 12.1. The molecule has 25 heavy (non-hydrogen) atoms. The molecule has 0 aliphatic rings. The van der Waals surface area contributed by atoms with Crippen molar-refractivity contribution < 1.29 is 4.79 Å². The second-order valence-corrected chi connectivity index (χ2v) is 6.90. The summed E-state index contributed by atoms with van der Waals surface area (Å²) in [6.07, 6.45) is 3.32. The molecule has 0 saturated carbocycles. The van der Waals surface area contributed by atoms with Crippen molar-refractivity contribution in [2.75, 3.05) is 5.32 Å². The van der Waals surface area contributed by atoms with Gasteiger partial charge in [0.05, 0.1) is 5.69 Å². The third-order valence-electron chi connectivity index (χ3n) is 3.89. The molecule has 0 atom stereocenters. The predicted octanol–water partition coefficient (Wildman–Crippen LogP) is 5.39. The molecule has 0 fully saturated rings. The molecule has 1 aromatic heterocycles. The Morgan fingerprint density at radius 1 is 1.08 bits per heavy atom. The van der Waals surface area contributed by atoms with Gasteiger partial charge in [-0.1, -0.05) is 48.0 Å². The van der Waals surface area contributed by atoms with E-state index >= 15 is 0 Å². The van der Waals surface area contributed by atoms with Gasteiger partial charge >= 0.3 is 0 Å². The van der Waals surface area contributed by atoms with Gasteiger partial charge in [-0.15, -0.1) is 11.3 Å². The number of carbonyl (C=O) groups excluding carboxylic acids is 1. The number of hydrogen-bond donors (Lipinski definition) is 1. The lowest BCUT2D eigenvalue weighted by Gasteiger charge is -2.08. The highest BCUT2D eigenvalue weighted by Crippen LogP contribution is 2.31. The van der Waals surface area contributed by atoms with Crippen LogP contribution in [-0.2, 0) is 4.79 Å². The molecule has 0 radical (unpaired) electrons. The number of amides is 1. The lowest BCUT2D eigenvalue weighted by Crippen LogP contribution is -2.07. The minimum atomic E-state index is -0.179. The number of nitrogens with zero attached hydrogens (tertiary/aromatic N) is 1. The molecule has 0 aliphatic carbocycles. The Morgan fingerprint density at radius 2 is 1.76 bits per heavy atom. The highest BCUT2D eigenvalue weighted by molar-refractivity contribution is 7.14. The van der Waals surface area contributed by atoms with E-state index in [1.807, 2.05) is 35.7 Å². The van der Waals surface area contributed by atoms with Crippen molar-refractivity contribution in [3.8, 4) is 11.3 Å². The van der Waals surface area contributed by atoms with Crippen LogP contribution < -0.4 is 5.32 Å². The van der Waals surface area contributed by atoms with Crippen molar-refractivity contribution in [1.29, 1.82) is 0 Å². The normalized spacial score (nSPS) is 11.0. The number of benzene rings is 2. The minimum absolute atomic E-state index is 0.179. The molecule has 2 aromatic carbocycles. The molecular weight excluding hydrogens is 328 g/mol. The predicted molar refractivity (Wildman–Crippen MR) is 106 cm³/mol. The summed E-state index contributed by atoms with van der Waals surface area (Å²) in [7, 11) is 0. The second-order valence-electron chi connectivity index (χ2n) is 6.04. The fraction of sp³-hybridized carbons (Fsp3) is 0.143. The average Bonchev–Trinajstić information content (AvgIpc) is 3.01. The number of aryl methyl sites for hydroxylation is 3. The maximum Gasteiger partial charge on any atom is 0.250 e. The molecule has 4 heteroatoms. The van der Waals surface area contributed by atoms with E-state index in [0.717, 1.165) is 16.8 Å². The van der Waals surface area contributed by atoms with E-state index in [1.54, 1.807) is 6.08 Å². The van der Waals surface area contributed by atoms with Gasteiger partial charge in [-0.25, -0.2) is 4.98 Å². The summed E-state index contributed by atoms with van der Waals surface area (Å²) in [6.45, 7) is 6.28. The summed E-state index contributed by atoms with van der Waals surface area (Å²) in [4.78, 5) is 16.7. The van der Waals surface area contributed by atoms with Crippen molar-refractivity contribution in [3.63, 3.8) is 0 Å². The first-order valence-electron chi connectivity index (χ1n) is 8.11. The molecule has 0 aliphatic heterocycles. The third kappa shape index (κ3) is 4.22. The fourth-order valence-corrected chi connectivity index (χ4v) is 3.62. The first kappa shape index (κ1) is 17.1. The van der Waals surface area contributed by atoms with Crippen LogP contribution in [0.2, 0.25) is 0 Å². The Morgan fingerprint density at radius 3 is 2.44 bits per heavy atom. The molecule has 0 saturated heterocycles. The van der Waals surface area contributed by atoms with Crippen molar-refractivity contribution >= 4 is 28.5 Å². The number of thiazole rings is 1. The molecular formula is C21H20N2OS. The molecule has 3 rings (SSSR count). The Hall–Kier alpha value is -2.72. The standard InChI is InChI=1S/C21H20N2OS/c1-14-11-15(2)20(16(3)12-14)18-13-25-21(22-18)23-19(24)10-9-17-7-5-4-6-8-17/h4-13H,1-3H3,(H,22,23,24)/b10-9+. The van der Waals surface area contributed by atoms with Gasteiger partial charge < -0.3 is 0 Å². The van der Waals surface area contributed by atoms with Gasteiger partial charge in [0.25, 0.3) is 0 Å². The van der Waals surface area contributed by atoms with Gasteiger partial charge in [-0.2, -0.15) is 0 Å². The van der Waals surface area contributed by atoms with Crippen LogP contribution in [0.15, 0.2) is 53.9 Å². The molecule has 0 bridgehead atoms. The van der Waals surface area contributed by atoms with E-state index in [4.69, 9.17) is 0 Å². The fourth-order valence-electron chi connectivity index (χ4n) is 2.91. The first-order chi connectivity index (χ1) is 12.0. The van der Waals surface area contributed by atoms with Gasteiger partial charge in [0.2, 0.25) is 5.91 Å². The summed E-state index contributed by atoms with van der Waals surface area (Å²) >= 11 is 1.44. The third-order valence-corrected chi connectivity index (χ3v) is 4.65. The van der Waals surface area contributed by atoms with E-state index < -0.39 is 0 Å². The molecule has 1 amide bonds. The summed E-state index contributed by atoms with van der Waals surface area (Å²) in [5.41, 5.74) is 6.68. The van der Waals surface area contributed by atoms with Crippen LogP contribution in [0.5, 0.6) is 0 Å². The van der Waals surface area contributed by atoms with E-state index in [1.165, 1.54) is 34.1 Å². The van der Waals surface area contributed by atoms with Crippen LogP contribution in [0.1, 0.15) is 22.3 Å². The molecule has 0 spiro atoms. The van der Waals surface area contributed by atoms with E-state index in [0.29, 0.717) is 5.13 Å². The molecule has 3 aromatic rings. The second kappa shape index (κ2) is 7.45. The number of rotatable bonds is 4. The van der Waals surface area contributed by atoms with Crippen molar-refractivity contribution in [1.82, 2.24) is 4.98 Å². The number of carbonyl (C=O) groups is 1. The topological polar surface area (TPSA) is 42.0 Å². The van der Waals surface area contributed by atoms with Gasteiger partial charge in [-0.05, 0) is 43.5 Å². The Balaban J connectivity index is 1.74. The van der Waals surface area contributed by atoms with E-state index in [9.17, 15) is 4.79 Å². The summed E-state index contributed by atoms with van der Waals surface area (Å²) in [5.74, 6) is -0.179. The Labute approximate surface area is 152 Å². The Bertz CT molecular complexity index is 903. The van der Waals surface area contributed by atoms with Gasteiger partial charge in [0.15, 0.2) is 5.13 Å². The molecule has 3 nitrogen and oxygen atoms in total. The number of hydrogen-bond acceptors (Lipinski definition) is 3.